The van der Waals surface area contributed by atoms with E-state index in [0.29, 0.717) is 0 Å². The van der Waals surface area contributed by atoms with Gasteiger partial charge in [-0.3, -0.25) is 4.79 Å². The van der Waals surface area contributed by atoms with Gasteiger partial charge in [0.1, 0.15) is 0 Å². The van der Waals surface area contributed by atoms with E-state index in [9.17, 15) is 21.6 Å². The van der Waals surface area contributed by atoms with Gasteiger partial charge in [-0.25, -0.2) is 22.0 Å². The molecule has 7 nitrogen and oxygen atoms in total. The lowest BCUT2D eigenvalue weighted by Gasteiger charge is -2.06. The summed E-state index contributed by atoms with van der Waals surface area (Å²) in [6.07, 6.45) is 0.906. The number of carbonyl (C=O) groups is 1. The van der Waals surface area contributed by atoms with Crippen molar-refractivity contribution in [2.24, 2.45) is 5.14 Å². The van der Waals surface area contributed by atoms with E-state index >= 15 is 0 Å². The molecule has 0 radical (unpaired) electrons. The van der Waals surface area contributed by atoms with Crippen LogP contribution in [0.25, 0.3) is 0 Å². The summed E-state index contributed by atoms with van der Waals surface area (Å²) in [7, 11) is -6.40. The van der Waals surface area contributed by atoms with Gasteiger partial charge in [0.25, 0.3) is 5.91 Å². The maximum atomic E-state index is 11.4. The van der Waals surface area contributed by atoms with Crippen LogP contribution in [0.15, 0.2) is 28.0 Å². The molecule has 0 saturated heterocycles. The summed E-state index contributed by atoms with van der Waals surface area (Å²) in [4.78, 5) is 10.7. The Morgan fingerprint density at radius 3 is 2.00 bits per heavy atom. The van der Waals surface area contributed by atoms with Crippen molar-refractivity contribution in [3.8, 4) is 0 Å². The standard InChI is InChI=1S/C9H12N2O5S2/c1-11-9(12)6-3-7(17(2,13)14)5-8(4-6)18(10,15)16/h3-5H,1-2H3,(H,11,12)(H2,10,15,16). The minimum absolute atomic E-state index is 0.0931. The minimum atomic E-state index is -4.09. The van der Waals surface area contributed by atoms with Gasteiger partial charge < -0.3 is 5.32 Å². The van der Waals surface area contributed by atoms with Crippen molar-refractivity contribution < 1.29 is 21.6 Å². The zero-order chi connectivity index (χ0) is 14.1. The van der Waals surface area contributed by atoms with Crippen molar-refractivity contribution in [2.75, 3.05) is 13.3 Å². The van der Waals surface area contributed by atoms with Crippen molar-refractivity contribution in [1.82, 2.24) is 5.32 Å². The number of nitrogens with one attached hydrogen (secondary N) is 1. The van der Waals surface area contributed by atoms with Gasteiger partial charge in [0, 0.05) is 18.9 Å². The Morgan fingerprint density at radius 2 is 1.61 bits per heavy atom. The molecule has 0 saturated carbocycles. The van der Waals surface area contributed by atoms with E-state index in [2.05, 4.69) is 5.32 Å². The number of benzene rings is 1. The van der Waals surface area contributed by atoms with Crippen LogP contribution in [0.3, 0.4) is 0 Å². The molecule has 9 heteroatoms. The van der Waals surface area contributed by atoms with Crippen LogP contribution in [0.4, 0.5) is 0 Å². The summed E-state index contributed by atoms with van der Waals surface area (Å²) in [5.41, 5.74) is -0.0931. The Morgan fingerprint density at radius 1 is 1.11 bits per heavy atom. The highest BCUT2D eigenvalue weighted by molar-refractivity contribution is 7.91. The van der Waals surface area contributed by atoms with Crippen LogP contribution in [0.1, 0.15) is 10.4 Å². The highest BCUT2D eigenvalue weighted by Crippen LogP contribution is 2.18. The van der Waals surface area contributed by atoms with Crippen LogP contribution in [0, 0.1) is 0 Å². The first kappa shape index (κ1) is 14.6. The third kappa shape index (κ3) is 3.28. The van der Waals surface area contributed by atoms with Crippen molar-refractivity contribution in [3.63, 3.8) is 0 Å². The van der Waals surface area contributed by atoms with E-state index in [1.807, 2.05) is 0 Å². The van der Waals surface area contributed by atoms with Gasteiger partial charge in [-0.2, -0.15) is 0 Å². The maximum absolute atomic E-state index is 11.4. The fourth-order valence-corrected chi connectivity index (χ4v) is 2.56. The largest absolute Gasteiger partial charge is 0.355 e. The van der Waals surface area contributed by atoms with Gasteiger partial charge in [-0.1, -0.05) is 0 Å². The molecule has 0 aromatic heterocycles. The third-order valence-corrected chi connectivity index (χ3v) is 4.11. The van der Waals surface area contributed by atoms with E-state index in [4.69, 9.17) is 5.14 Å². The lowest BCUT2D eigenvalue weighted by molar-refractivity contribution is 0.0962. The van der Waals surface area contributed by atoms with E-state index in [1.165, 1.54) is 7.05 Å². The summed E-state index contributed by atoms with van der Waals surface area (Å²) in [6, 6.07) is 3.02. The van der Waals surface area contributed by atoms with Gasteiger partial charge in [0.05, 0.1) is 9.79 Å². The Labute approximate surface area is 105 Å². The van der Waals surface area contributed by atoms with Crippen molar-refractivity contribution >= 4 is 25.8 Å². The lowest BCUT2D eigenvalue weighted by atomic mass is 10.2. The number of sulfone groups is 1. The summed E-state index contributed by atoms with van der Waals surface area (Å²) >= 11 is 0. The number of hydrogen-bond donors (Lipinski definition) is 2. The summed E-state index contributed by atoms with van der Waals surface area (Å²) < 4.78 is 45.3. The van der Waals surface area contributed by atoms with E-state index in [-0.39, 0.29) is 10.5 Å². The average molecular weight is 292 g/mol. The number of rotatable bonds is 3. The topological polar surface area (TPSA) is 123 Å². The summed E-state index contributed by atoms with van der Waals surface area (Å²) in [6.45, 7) is 0. The predicted octanol–water partition coefficient (Wildman–Crippen LogP) is -0.903. The molecular weight excluding hydrogens is 280 g/mol. The lowest BCUT2D eigenvalue weighted by Crippen LogP contribution is -2.20. The molecule has 1 amide bonds. The monoisotopic (exact) mass is 292 g/mol. The molecule has 1 aromatic carbocycles. The molecule has 0 aliphatic rings. The van der Waals surface area contributed by atoms with Crippen LogP contribution < -0.4 is 10.5 Å². The molecular formula is C9H12N2O5S2. The highest BCUT2D eigenvalue weighted by Gasteiger charge is 2.18. The Balaban J connectivity index is 3.64. The zero-order valence-corrected chi connectivity index (χ0v) is 11.3. The molecule has 0 heterocycles. The predicted molar refractivity (Wildman–Crippen MR) is 64.3 cm³/mol. The molecule has 0 aliphatic heterocycles. The molecule has 0 aliphatic carbocycles. The fraction of sp³-hybridized carbons (Fsp3) is 0.222. The second-order valence-electron chi connectivity index (χ2n) is 3.59. The molecule has 0 spiro atoms. The van der Waals surface area contributed by atoms with Gasteiger partial charge in [0.2, 0.25) is 10.0 Å². The smallest absolute Gasteiger partial charge is 0.251 e. The number of hydrogen-bond acceptors (Lipinski definition) is 5. The first-order valence-electron chi connectivity index (χ1n) is 4.66. The number of nitrogens with two attached hydrogens (primary N) is 1. The number of sulfonamides is 1. The van der Waals surface area contributed by atoms with Crippen LogP contribution in [-0.4, -0.2) is 36.0 Å². The van der Waals surface area contributed by atoms with E-state index in [0.717, 1.165) is 24.5 Å². The number of amides is 1. The first-order valence-corrected chi connectivity index (χ1v) is 8.09. The van der Waals surface area contributed by atoms with Crippen LogP contribution >= 0.6 is 0 Å². The molecule has 0 fully saturated rings. The summed E-state index contributed by atoms with van der Waals surface area (Å²) in [5, 5.41) is 7.19. The van der Waals surface area contributed by atoms with Gasteiger partial charge in [-0.15, -0.1) is 0 Å². The fourth-order valence-electron chi connectivity index (χ4n) is 1.23. The molecule has 1 aromatic rings. The van der Waals surface area contributed by atoms with E-state index < -0.39 is 30.7 Å². The molecule has 100 valence electrons. The second kappa shape index (κ2) is 4.67. The van der Waals surface area contributed by atoms with Crippen molar-refractivity contribution in [3.05, 3.63) is 23.8 Å². The van der Waals surface area contributed by atoms with Gasteiger partial charge >= 0.3 is 0 Å². The molecule has 0 bridgehead atoms. The Bertz CT molecular complexity index is 641. The summed E-state index contributed by atoms with van der Waals surface area (Å²) in [5.74, 6) is -0.606. The van der Waals surface area contributed by atoms with Crippen molar-refractivity contribution in [2.45, 2.75) is 9.79 Å². The van der Waals surface area contributed by atoms with Gasteiger partial charge in [0.15, 0.2) is 9.84 Å². The number of primary sulfonamides is 1. The molecule has 1 rings (SSSR count). The van der Waals surface area contributed by atoms with Crippen molar-refractivity contribution in [1.29, 1.82) is 0 Å². The maximum Gasteiger partial charge on any atom is 0.251 e. The highest BCUT2D eigenvalue weighted by atomic mass is 32.2. The van der Waals surface area contributed by atoms with Crippen LogP contribution in [0.5, 0.6) is 0 Å². The van der Waals surface area contributed by atoms with E-state index in [1.54, 1.807) is 0 Å². The Hall–Kier alpha value is -1.45. The molecule has 18 heavy (non-hydrogen) atoms. The normalized spacial score (nSPS) is 12.2. The van der Waals surface area contributed by atoms with Gasteiger partial charge in [-0.05, 0) is 18.2 Å². The third-order valence-electron chi connectivity index (χ3n) is 2.13. The molecule has 0 unspecified atom stereocenters. The SMILES string of the molecule is CNC(=O)c1cc(S(C)(=O)=O)cc(S(N)(=O)=O)c1. The Kier molecular flexibility index (Phi) is 3.79. The molecule has 0 atom stereocenters. The molecule has 3 N–H and O–H groups in total. The second-order valence-corrected chi connectivity index (χ2v) is 7.17. The van der Waals surface area contributed by atoms with Crippen LogP contribution in [-0.2, 0) is 19.9 Å². The number of carbonyl (C=O) groups excluding carboxylic acids is 1. The minimum Gasteiger partial charge on any atom is -0.355 e. The zero-order valence-electron chi connectivity index (χ0n) is 9.67. The quantitative estimate of drug-likeness (QED) is 0.747. The first-order chi connectivity index (χ1) is 8.05. The average Bonchev–Trinajstić information content (AvgIpc) is 2.25. The van der Waals surface area contributed by atoms with Crippen LogP contribution in [0.2, 0.25) is 0 Å².